The minimum absolute atomic E-state index is 0.461. The van der Waals surface area contributed by atoms with Crippen molar-refractivity contribution >= 4 is 20.9 Å². The quantitative estimate of drug-likeness (QED) is 0.599. The molecule has 0 aliphatic heterocycles. The summed E-state index contributed by atoms with van der Waals surface area (Å²) < 4.78 is 47.9. The van der Waals surface area contributed by atoms with Crippen LogP contribution in [-0.4, -0.2) is 32.8 Å². The third-order valence-electron chi connectivity index (χ3n) is 2.07. The number of amides is 1. The highest BCUT2D eigenvalue weighted by Crippen LogP contribution is 2.53. The highest BCUT2D eigenvalue weighted by molar-refractivity contribution is 7.72. The topological polar surface area (TPSA) is 124 Å². The summed E-state index contributed by atoms with van der Waals surface area (Å²) in [4.78, 5) is 37.9. The van der Waals surface area contributed by atoms with E-state index >= 15 is 0 Å². The van der Waals surface area contributed by atoms with Gasteiger partial charge in [-0.05, 0) is 12.1 Å². The Balaban J connectivity index is 2.72. The largest absolute Gasteiger partial charge is 0.343 e. The number of hydrogen-bond donors (Lipinski definition) is 4. The van der Waals surface area contributed by atoms with E-state index in [9.17, 15) is 27.6 Å². The lowest BCUT2D eigenvalue weighted by Crippen LogP contribution is -2.26. The minimum atomic E-state index is -4.72. The molecule has 0 bridgehead atoms. The molecule has 0 heterocycles. The first-order valence-electron chi connectivity index (χ1n) is 5.09. The van der Waals surface area contributed by atoms with E-state index in [-0.39, 0.29) is 0 Å². The standard InChI is InChI=1S/C9H11F2NO6P2/c10-6-1-2-7(8(11)3-6)9(13)12-4-19(14,15)5-20(16,17)18/h1-3H,4-5H2,(H,12,13)(H,14,15)(H2,16,17,18). The van der Waals surface area contributed by atoms with Crippen molar-refractivity contribution in [2.24, 2.45) is 0 Å². The molecule has 0 fully saturated rings. The van der Waals surface area contributed by atoms with Crippen molar-refractivity contribution in [3.63, 3.8) is 0 Å². The van der Waals surface area contributed by atoms with E-state index in [1.165, 1.54) is 0 Å². The Bertz CT molecular complexity index is 616. The van der Waals surface area contributed by atoms with E-state index in [4.69, 9.17) is 9.79 Å². The molecule has 1 atom stereocenters. The molecule has 0 aromatic heterocycles. The maximum atomic E-state index is 13.2. The van der Waals surface area contributed by atoms with Gasteiger partial charge < -0.3 is 20.0 Å². The van der Waals surface area contributed by atoms with Crippen LogP contribution < -0.4 is 5.32 Å². The van der Waals surface area contributed by atoms with Crippen molar-refractivity contribution in [2.75, 3.05) is 12.2 Å². The van der Waals surface area contributed by atoms with Crippen LogP contribution in [0.15, 0.2) is 18.2 Å². The fraction of sp³-hybridized carbons (Fsp3) is 0.222. The van der Waals surface area contributed by atoms with Crippen LogP contribution in [0.5, 0.6) is 0 Å². The van der Waals surface area contributed by atoms with E-state index in [1.54, 1.807) is 0 Å². The summed E-state index contributed by atoms with van der Waals surface area (Å²) in [5, 5.41) is 1.86. The van der Waals surface area contributed by atoms with Gasteiger partial charge in [0, 0.05) is 6.07 Å². The van der Waals surface area contributed by atoms with Crippen molar-refractivity contribution in [3.05, 3.63) is 35.4 Å². The maximum absolute atomic E-state index is 13.2. The second-order valence-corrected chi connectivity index (χ2v) is 8.41. The van der Waals surface area contributed by atoms with Gasteiger partial charge in [-0.1, -0.05) is 0 Å². The average molecular weight is 329 g/mol. The summed E-state index contributed by atoms with van der Waals surface area (Å²) in [6.07, 6.45) is -0.937. The molecule has 0 aliphatic rings. The SMILES string of the molecule is O=C(NCP(=O)(O)CP(=O)(O)O)c1ccc(F)cc1F. The first-order chi connectivity index (χ1) is 9.00. The Morgan fingerprint density at radius 3 is 2.30 bits per heavy atom. The molecule has 7 nitrogen and oxygen atoms in total. The minimum Gasteiger partial charge on any atom is -0.343 e. The smallest absolute Gasteiger partial charge is 0.335 e. The number of halogens is 2. The monoisotopic (exact) mass is 329 g/mol. The van der Waals surface area contributed by atoms with E-state index < -0.39 is 50.3 Å². The molecule has 11 heteroatoms. The Kier molecular flexibility index (Phi) is 5.18. The van der Waals surface area contributed by atoms with Gasteiger partial charge >= 0.3 is 7.60 Å². The molecule has 1 aromatic carbocycles. The molecule has 0 radical (unpaired) electrons. The summed E-state index contributed by atoms with van der Waals surface area (Å²) in [5.41, 5.74) is -0.553. The molecule has 0 saturated carbocycles. The molecule has 1 rings (SSSR count). The van der Waals surface area contributed by atoms with Crippen molar-refractivity contribution in [1.29, 1.82) is 0 Å². The summed E-state index contributed by atoms with van der Waals surface area (Å²) in [6.45, 7) is 0. The van der Waals surface area contributed by atoms with Crippen LogP contribution in [0.1, 0.15) is 10.4 Å². The van der Waals surface area contributed by atoms with Crippen LogP contribution in [-0.2, 0) is 9.13 Å². The predicted molar refractivity (Wildman–Crippen MR) is 65.4 cm³/mol. The van der Waals surface area contributed by atoms with Crippen molar-refractivity contribution in [1.82, 2.24) is 5.32 Å². The van der Waals surface area contributed by atoms with Gasteiger partial charge in [0.1, 0.15) is 17.5 Å². The number of rotatable bonds is 5. The Labute approximate surface area is 112 Å². The van der Waals surface area contributed by atoms with Crippen LogP contribution in [0, 0.1) is 11.6 Å². The zero-order chi connectivity index (χ0) is 15.6. The fourth-order valence-electron chi connectivity index (χ4n) is 1.30. The molecule has 0 aliphatic carbocycles. The molecule has 0 saturated heterocycles. The number of nitrogens with one attached hydrogen (secondary N) is 1. The lowest BCUT2D eigenvalue weighted by molar-refractivity contribution is 0.0954. The maximum Gasteiger partial charge on any atom is 0.335 e. The zero-order valence-corrected chi connectivity index (χ0v) is 11.7. The normalized spacial score (nSPS) is 14.7. The van der Waals surface area contributed by atoms with E-state index in [0.29, 0.717) is 6.07 Å². The van der Waals surface area contributed by atoms with Gasteiger partial charge in [0.25, 0.3) is 5.91 Å². The molecule has 1 aromatic rings. The Hall–Kier alpha value is -1.11. The number of carbonyl (C=O) groups excluding carboxylic acids is 1. The summed E-state index contributed by atoms with van der Waals surface area (Å²) in [6, 6.07) is 2.13. The molecular weight excluding hydrogens is 318 g/mol. The Morgan fingerprint density at radius 2 is 1.80 bits per heavy atom. The van der Waals surface area contributed by atoms with Crippen molar-refractivity contribution in [3.8, 4) is 0 Å². The van der Waals surface area contributed by atoms with Gasteiger partial charge in [0.2, 0.25) is 7.37 Å². The van der Waals surface area contributed by atoms with Crippen LogP contribution in [0.25, 0.3) is 0 Å². The third-order valence-corrected chi connectivity index (χ3v) is 5.96. The van der Waals surface area contributed by atoms with Gasteiger partial charge in [0.15, 0.2) is 0 Å². The van der Waals surface area contributed by atoms with Crippen LogP contribution in [0.3, 0.4) is 0 Å². The Morgan fingerprint density at radius 1 is 1.20 bits per heavy atom. The molecule has 112 valence electrons. The zero-order valence-electron chi connectivity index (χ0n) is 9.86. The number of carbonyl (C=O) groups is 1. The highest BCUT2D eigenvalue weighted by Gasteiger charge is 2.30. The van der Waals surface area contributed by atoms with Crippen LogP contribution in [0.4, 0.5) is 8.78 Å². The number of hydrogen-bond acceptors (Lipinski definition) is 3. The summed E-state index contributed by atoms with van der Waals surface area (Å²) in [7, 11) is -9.03. The van der Waals surface area contributed by atoms with E-state index in [0.717, 1.165) is 12.1 Å². The van der Waals surface area contributed by atoms with E-state index in [1.807, 2.05) is 5.32 Å². The second kappa shape index (κ2) is 6.11. The summed E-state index contributed by atoms with van der Waals surface area (Å²) >= 11 is 0. The first kappa shape index (κ1) is 16.9. The molecule has 4 N–H and O–H groups in total. The third kappa shape index (κ3) is 5.48. The molecule has 1 unspecified atom stereocenters. The summed E-state index contributed by atoms with van der Waals surface area (Å²) in [5.74, 6) is -4.45. The second-order valence-electron chi connectivity index (χ2n) is 3.94. The van der Waals surface area contributed by atoms with Gasteiger partial charge in [-0.3, -0.25) is 13.9 Å². The van der Waals surface area contributed by atoms with Crippen molar-refractivity contribution < 1.29 is 37.4 Å². The molecule has 0 spiro atoms. The van der Waals surface area contributed by atoms with E-state index in [2.05, 4.69) is 0 Å². The highest BCUT2D eigenvalue weighted by atomic mass is 31.2. The van der Waals surface area contributed by atoms with Gasteiger partial charge in [0.05, 0.1) is 11.8 Å². The predicted octanol–water partition coefficient (Wildman–Crippen LogP) is 1.06. The lowest BCUT2D eigenvalue weighted by atomic mass is 10.2. The molecular formula is C9H11F2NO6P2. The molecule has 20 heavy (non-hydrogen) atoms. The van der Waals surface area contributed by atoms with Gasteiger partial charge in [-0.2, -0.15) is 0 Å². The van der Waals surface area contributed by atoms with Crippen LogP contribution in [0.2, 0.25) is 0 Å². The first-order valence-corrected chi connectivity index (χ1v) is 8.92. The van der Waals surface area contributed by atoms with Gasteiger partial charge in [-0.15, -0.1) is 0 Å². The van der Waals surface area contributed by atoms with Crippen molar-refractivity contribution in [2.45, 2.75) is 0 Å². The fourth-order valence-corrected chi connectivity index (χ4v) is 4.40. The average Bonchev–Trinajstić information content (AvgIpc) is 2.22. The van der Waals surface area contributed by atoms with Gasteiger partial charge in [-0.25, -0.2) is 8.78 Å². The number of benzene rings is 1. The van der Waals surface area contributed by atoms with Crippen LogP contribution >= 0.6 is 15.0 Å². The lowest BCUT2D eigenvalue weighted by Gasteiger charge is -2.13. The molecule has 1 amide bonds.